The molecule has 19 heteroatoms. The molecule has 1 heterocycles. The molecule has 0 saturated heterocycles. The first kappa shape index (κ1) is 59.8. The number of fused-ring (bicyclic) bond motifs is 4. The number of ether oxygens (including phenoxy) is 4. The summed E-state index contributed by atoms with van der Waals surface area (Å²) in [5, 5.41) is 20.8. The maximum atomic E-state index is 12.3. The molecule has 4 aliphatic carbocycles. The van der Waals surface area contributed by atoms with E-state index in [1.54, 1.807) is 6.92 Å². The van der Waals surface area contributed by atoms with Gasteiger partial charge in [0.25, 0.3) is 0 Å². The van der Waals surface area contributed by atoms with E-state index in [0.29, 0.717) is 55.7 Å². The number of allylic oxidation sites excluding steroid dienone is 4. The Kier molecular flexibility index (Phi) is 22.3. The lowest BCUT2D eigenvalue weighted by molar-refractivity contribution is -0.314. The van der Waals surface area contributed by atoms with Crippen molar-refractivity contribution in [2.75, 3.05) is 19.8 Å². The van der Waals surface area contributed by atoms with E-state index < -0.39 is 74.9 Å². The molecule has 5 aliphatic rings. The number of esters is 5. The smallest absolute Gasteiger partial charge is 0.469 e. The second-order valence-corrected chi connectivity index (χ2v) is 39.1. The maximum Gasteiger partial charge on any atom is 0.469 e. The van der Waals surface area contributed by atoms with Crippen LogP contribution in [0, 0.1) is 46.8 Å². The zero-order chi connectivity index (χ0) is 51.3. The molecule has 5 rings (SSSR count). The van der Waals surface area contributed by atoms with Crippen LogP contribution in [0.2, 0.25) is 65.0 Å². The molecule has 0 spiro atoms. The number of hydrogen-bond donors (Lipinski definition) is 1. The molecule has 15 nitrogen and oxygen atoms in total. The Balaban J connectivity index is 0.000000329. The van der Waals surface area contributed by atoms with Crippen molar-refractivity contribution in [3.8, 4) is 0 Å². The zero-order valence-corrected chi connectivity index (χ0v) is 46.9. The van der Waals surface area contributed by atoms with Gasteiger partial charge in [0.15, 0.2) is 25.0 Å². The number of aliphatic carboxylic acids is 1. The molecule has 4 bridgehead atoms. The van der Waals surface area contributed by atoms with Gasteiger partial charge in [-0.3, -0.25) is 9.59 Å². The minimum atomic E-state index is -2.83. The summed E-state index contributed by atoms with van der Waals surface area (Å²) in [5.41, 5.74) is -0.360. The quantitative estimate of drug-likeness (QED) is 0.0250. The summed E-state index contributed by atoms with van der Waals surface area (Å²) >= 11 is 0. The average molecular weight is 1010 g/mol. The van der Waals surface area contributed by atoms with E-state index in [1.165, 1.54) is 0 Å². The Hall–Kier alpha value is -3.31. The first-order valence-electron chi connectivity index (χ1n) is 23.6. The molecular formula is C48H81O15Si4-. The van der Waals surface area contributed by atoms with Crippen LogP contribution < -0.4 is 5.11 Å². The van der Waals surface area contributed by atoms with Crippen LogP contribution in [0.4, 0.5) is 0 Å². The third kappa shape index (κ3) is 20.7. The number of carboxylic acids is 1. The van der Waals surface area contributed by atoms with Crippen molar-refractivity contribution in [3.05, 3.63) is 48.6 Å². The van der Waals surface area contributed by atoms with Crippen molar-refractivity contribution in [1.29, 1.82) is 0 Å². The summed E-state index contributed by atoms with van der Waals surface area (Å²) in [6, 6.07) is 0.676. The molecule has 1 aliphatic heterocycles. The topological polar surface area (TPSA) is 210 Å². The van der Waals surface area contributed by atoms with Gasteiger partial charge in [0, 0.05) is 41.1 Å². The molecule has 0 amide bonds. The van der Waals surface area contributed by atoms with Crippen LogP contribution in [0.3, 0.4) is 0 Å². The van der Waals surface area contributed by atoms with E-state index in [4.69, 9.17) is 26.6 Å². The van der Waals surface area contributed by atoms with Gasteiger partial charge in [-0.15, -0.1) is 0 Å². The van der Waals surface area contributed by atoms with Crippen LogP contribution in [0.15, 0.2) is 48.6 Å². The molecule has 0 aromatic rings. The van der Waals surface area contributed by atoms with Gasteiger partial charge in [-0.2, -0.15) is 0 Å². The van der Waals surface area contributed by atoms with Gasteiger partial charge in [0.05, 0.1) is 31.7 Å². The van der Waals surface area contributed by atoms with Crippen LogP contribution in [0.1, 0.15) is 80.1 Å². The van der Waals surface area contributed by atoms with Gasteiger partial charge in [0.1, 0.15) is 5.60 Å². The lowest BCUT2D eigenvalue weighted by Gasteiger charge is -2.42. The number of aliphatic hydroxyl groups is 1. The molecule has 0 aromatic carbocycles. The Morgan fingerprint density at radius 1 is 0.746 bits per heavy atom. The van der Waals surface area contributed by atoms with Gasteiger partial charge in [0.2, 0.25) is 0 Å². The predicted octanol–water partition coefficient (Wildman–Crippen LogP) is 7.67. The number of cyclic esters (lactones) is 2. The number of hydrogen-bond acceptors (Lipinski definition) is 15. The summed E-state index contributed by atoms with van der Waals surface area (Å²) in [5.74, 6) is -3.53. The maximum absolute atomic E-state index is 12.3. The normalized spacial score (nSPS) is 23.9. The van der Waals surface area contributed by atoms with Gasteiger partial charge in [-0.1, -0.05) is 44.7 Å². The lowest BCUT2D eigenvalue weighted by atomic mass is 9.82. The highest BCUT2D eigenvalue weighted by Crippen LogP contribution is 2.48. The highest BCUT2D eigenvalue weighted by atomic mass is 28.5. The zero-order valence-electron chi connectivity index (χ0n) is 42.9. The van der Waals surface area contributed by atoms with Crippen molar-refractivity contribution in [3.63, 3.8) is 0 Å². The third-order valence-electron chi connectivity index (χ3n) is 11.5. The first-order chi connectivity index (χ1) is 30.7. The molecule has 7 unspecified atom stereocenters. The molecule has 0 radical (unpaired) electrons. The van der Waals surface area contributed by atoms with Crippen LogP contribution in [0.25, 0.3) is 0 Å². The molecule has 0 aromatic heterocycles. The van der Waals surface area contributed by atoms with E-state index in [9.17, 15) is 39.0 Å². The average Bonchev–Trinajstić information content (AvgIpc) is 4.04. The summed E-state index contributed by atoms with van der Waals surface area (Å²) in [7, 11) is -8.40. The second-order valence-electron chi connectivity index (χ2n) is 22.1. The first-order valence-corrected chi connectivity index (χ1v) is 35.8. The fraction of sp³-hybridized carbons (Fsp3) is 0.708. The summed E-state index contributed by atoms with van der Waals surface area (Å²) in [6.07, 6.45) is 15.3. The summed E-state index contributed by atoms with van der Waals surface area (Å²) in [4.78, 5) is 66.8. The Bertz CT molecular complexity index is 1760. The molecule has 7 atom stereocenters. The van der Waals surface area contributed by atoms with Crippen molar-refractivity contribution >= 4 is 69.6 Å². The largest absolute Gasteiger partial charge is 0.550 e. The SMILES string of the molecule is C=C(C)C(=O)OCCC[Si](O[Si](C)(C)C)(O[Si](C)(C)C)O[Si](C)(C)C.CC(C)(C)OC(=O)C1CC2C=CC1C2.CCC(CC)(CO)COC(=O)C1C2C=CC(C2)C1C(=O)[O-].O=C1C=CC(=O)O1. The standard InChI is InChI=1S/C16H38O5Si4.C16H24O5.C12H18O2.C4H2O3/c1-15(2)16(17)18-13-12-14-25(19-22(3,4)5,20-23(6,7)8)21-24(9,10)11;1-3-16(4-2,8-17)9-21-15(20)13-11-6-5-10(7-11)12(13)14(18)19;1-12(2,3)14-11(13)10-7-8-4-5-9(10)6-8;5-3-1-2-4(6)7-3/h1,12-14H2,2-11H3;5-6,10-13,17H,3-4,7-9H2,1-2H3,(H,18,19);4-5,8-10H,6-7H2,1-3H3;1-2H/p-1. The van der Waals surface area contributed by atoms with E-state index >= 15 is 0 Å². The monoisotopic (exact) mass is 1010 g/mol. The molecule has 2 saturated carbocycles. The molecule has 67 heavy (non-hydrogen) atoms. The fourth-order valence-electron chi connectivity index (χ4n) is 8.43. The Morgan fingerprint density at radius 2 is 1.24 bits per heavy atom. The summed E-state index contributed by atoms with van der Waals surface area (Å²) < 4.78 is 39.7. The predicted molar refractivity (Wildman–Crippen MR) is 263 cm³/mol. The van der Waals surface area contributed by atoms with E-state index in [1.807, 2.05) is 46.8 Å². The molecule has 2 fully saturated rings. The molecule has 380 valence electrons. The number of rotatable bonds is 19. The Morgan fingerprint density at radius 3 is 1.60 bits per heavy atom. The van der Waals surface area contributed by atoms with Crippen molar-refractivity contribution in [2.45, 2.75) is 151 Å². The van der Waals surface area contributed by atoms with Crippen molar-refractivity contribution in [1.82, 2.24) is 0 Å². The highest BCUT2D eigenvalue weighted by Gasteiger charge is 2.51. The minimum absolute atomic E-state index is 0.00523. The van der Waals surface area contributed by atoms with E-state index in [0.717, 1.165) is 25.0 Å². The van der Waals surface area contributed by atoms with Crippen LogP contribution in [-0.2, 0) is 60.1 Å². The van der Waals surface area contributed by atoms with Crippen LogP contribution >= 0.6 is 0 Å². The number of aliphatic hydroxyl groups excluding tert-OH is 1. The molecule has 1 N–H and O–H groups in total. The van der Waals surface area contributed by atoms with Gasteiger partial charge >= 0.3 is 38.7 Å². The number of carbonyl (C=O) groups is 6. The highest BCUT2D eigenvalue weighted by molar-refractivity contribution is 6.90. The van der Waals surface area contributed by atoms with E-state index in [2.05, 4.69) is 82.4 Å². The lowest BCUT2D eigenvalue weighted by Crippen LogP contribution is -2.60. The second kappa shape index (κ2) is 25.0. The van der Waals surface area contributed by atoms with Gasteiger partial charge in [-0.05, 0) is 149 Å². The minimum Gasteiger partial charge on any atom is -0.550 e. The van der Waals surface area contributed by atoms with Crippen LogP contribution in [-0.4, -0.2) is 100 Å². The van der Waals surface area contributed by atoms with Crippen molar-refractivity contribution in [2.24, 2.45) is 46.8 Å². The van der Waals surface area contributed by atoms with Crippen molar-refractivity contribution < 1.29 is 70.3 Å². The number of carbonyl (C=O) groups excluding carboxylic acids is 6. The van der Waals surface area contributed by atoms with Gasteiger partial charge in [-0.25, -0.2) is 14.4 Å². The Labute approximate surface area is 404 Å². The number of carboxylic acid groups (broad SMARTS) is 1. The summed E-state index contributed by atoms with van der Waals surface area (Å²) in [6.45, 7) is 34.8. The van der Waals surface area contributed by atoms with E-state index in [-0.39, 0.29) is 48.5 Å². The van der Waals surface area contributed by atoms with Gasteiger partial charge < -0.3 is 46.3 Å². The molecular weight excluding hydrogens is 929 g/mol. The third-order valence-corrected chi connectivity index (χ3v) is 23.5. The fourth-order valence-corrected chi connectivity index (χ4v) is 23.1. The van der Waals surface area contributed by atoms with Crippen LogP contribution in [0.5, 0.6) is 0 Å².